The number of nitrogens with one attached hydrogen (secondary N) is 3. The highest BCUT2D eigenvalue weighted by Gasteiger charge is 2.33. The van der Waals surface area contributed by atoms with Crippen LogP contribution in [0.15, 0.2) is 67.0 Å². The quantitative estimate of drug-likeness (QED) is 0.601. The summed E-state index contributed by atoms with van der Waals surface area (Å²) in [7, 11) is 3.54. The summed E-state index contributed by atoms with van der Waals surface area (Å²) in [6.45, 7) is 0. The van der Waals surface area contributed by atoms with E-state index in [0.29, 0.717) is 12.2 Å². The summed E-state index contributed by atoms with van der Waals surface area (Å²) in [5.74, 6) is 1.36. The largest absolute Gasteiger partial charge is 0.496 e. The van der Waals surface area contributed by atoms with Crippen molar-refractivity contribution in [3.63, 3.8) is 0 Å². The zero-order valence-electron chi connectivity index (χ0n) is 16.5. The van der Waals surface area contributed by atoms with Crippen molar-refractivity contribution in [1.29, 1.82) is 0 Å². The predicted molar refractivity (Wildman–Crippen MR) is 110 cm³/mol. The molecule has 3 aromatic rings. The van der Waals surface area contributed by atoms with E-state index >= 15 is 0 Å². The van der Waals surface area contributed by atoms with E-state index in [9.17, 15) is 4.79 Å². The smallest absolute Gasteiger partial charge is 0.239 e. The second-order valence-corrected chi connectivity index (χ2v) is 7.12. The van der Waals surface area contributed by atoms with Crippen LogP contribution in [-0.2, 0) is 11.8 Å². The number of methoxy groups -OCH3 is 1. The standard InChI is InChI=1S/C22H25N5O2/c1-27-13-12-23-21(27)20(16-10-6-7-11-19(16)29-2)24-22(28)18-14-17(25-26-18)15-8-4-3-5-9-15/h3-13,17-18,20,25-26H,14H2,1-2H3,(H,24,28). The molecule has 2 aromatic carbocycles. The van der Waals surface area contributed by atoms with Crippen LogP contribution >= 0.6 is 0 Å². The van der Waals surface area contributed by atoms with E-state index < -0.39 is 6.04 Å². The third-order valence-corrected chi connectivity index (χ3v) is 5.27. The summed E-state index contributed by atoms with van der Waals surface area (Å²) in [6.07, 6.45) is 4.25. The lowest BCUT2D eigenvalue weighted by molar-refractivity contribution is -0.123. The van der Waals surface area contributed by atoms with Crippen LogP contribution in [0.3, 0.4) is 0 Å². The molecule has 7 nitrogen and oxygen atoms in total. The molecule has 0 bridgehead atoms. The van der Waals surface area contributed by atoms with Gasteiger partial charge < -0.3 is 14.6 Å². The summed E-state index contributed by atoms with van der Waals surface area (Å²) >= 11 is 0. The number of benzene rings is 2. The van der Waals surface area contributed by atoms with Crippen LogP contribution in [0.2, 0.25) is 0 Å². The average molecular weight is 391 g/mol. The number of hydrogen-bond acceptors (Lipinski definition) is 5. The number of hydrazine groups is 1. The van der Waals surface area contributed by atoms with Crippen LogP contribution in [0.25, 0.3) is 0 Å². The van der Waals surface area contributed by atoms with E-state index in [4.69, 9.17) is 4.74 Å². The van der Waals surface area contributed by atoms with E-state index in [1.807, 2.05) is 60.3 Å². The van der Waals surface area contributed by atoms with Gasteiger partial charge in [-0.25, -0.2) is 15.8 Å². The fraction of sp³-hybridized carbons (Fsp3) is 0.273. The van der Waals surface area contributed by atoms with Gasteiger partial charge in [0.25, 0.3) is 0 Å². The van der Waals surface area contributed by atoms with E-state index in [0.717, 1.165) is 17.0 Å². The van der Waals surface area contributed by atoms with Gasteiger partial charge in [0.1, 0.15) is 23.7 Å². The fourth-order valence-corrected chi connectivity index (χ4v) is 3.72. The van der Waals surface area contributed by atoms with E-state index in [1.54, 1.807) is 13.3 Å². The number of carbonyl (C=O) groups is 1. The molecular weight excluding hydrogens is 366 g/mol. The van der Waals surface area contributed by atoms with Gasteiger partial charge >= 0.3 is 0 Å². The van der Waals surface area contributed by atoms with Gasteiger partial charge in [-0.15, -0.1) is 0 Å². The van der Waals surface area contributed by atoms with Crippen molar-refractivity contribution in [2.45, 2.75) is 24.5 Å². The van der Waals surface area contributed by atoms with Gasteiger partial charge in [0.2, 0.25) is 5.91 Å². The number of carbonyl (C=O) groups excluding carboxylic acids is 1. The lowest BCUT2D eigenvalue weighted by Gasteiger charge is -2.22. The number of imidazole rings is 1. The Hall–Kier alpha value is -3.16. The molecule has 0 aliphatic carbocycles. The Morgan fingerprint density at radius 3 is 2.66 bits per heavy atom. The number of ether oxygens (including phenoxy) is 1. The fourth-order valence-electron chi connectivity index (χ4n) is 3.72. The first kappa shape index (κ1) is 19.2. The van der Waals surface area contributed by atoms with Crippen molar-refractivity contribution in [1.82, 2.24) is 25.7 Å². The molecule has 3 N–H and O–H groups in total. The molecule has 3 atom stereocenters. The monoisotopic (exact) mass is 391 g/mol. The normalized spacial score (nSPS) is 19.7. The van der Waals surface area contributed by atoms with Crippen LogP contribution in [-0.4, -0.2) is 28.6 Å². The molecule has 7 heteroatoms. The molecule has 1 aliphatic heterocycles. The third kappa shape index (κ3) is 4.01. The van der Waals surface area contributed by atoms with Crippen LogP contribution < -0.4 is 20.9 Å². The first-order valence-electron chi connectivity index (χ1n) is 9.64. The van der Waals surface area contributed by atoms with Crippen LogP contribution in [0.5, 0.6) is 5.75 Å². The zero-order valence-corrected chi connectivity index (χ0v) is 16.5. The maximum absolute atomic E-state index is 13.1. The highest BCUT2D eigenvalue weighted by molar-refractivity contribution is 5.83. The predicted octanol–water partition coefficient (Wildman–Crippen LogP) is 2.24. The van der Waals surface area contributed by atoms with Gasteiger partial charge in [-0.1, -0.05) is 48.5 Å². The Bertz CT molecular complexity index is 972. The molecule has 1 aliphatic rings. The van der Waals surface area contributed by atoms with Gasteiger partial charge in [-0.05, 0) is 18.1 Å². The number of hydrogen-bond donors (Lipinski definition) is 3. The van der Waals surface area contributed by atoms with Gasteiger partial charge in [-0.2, -0.15) is 0 Å². The Morgan fingerprint density at radius 2 is 1.93 bits per heavy atom. The summed E-state index contributed by atoms with van der Waals surface area (Å²) in [4.78, 5) is 17.6. The van der Waals surface area contributed by atoms with E-state index in [2.05, 4.69) is 33.3 Å². The molecular formula is C22H25N5O2. The average Bonchev–Trinajstić information content (AvgIpc) is 3.42. The molecule has 29 heavy (non-hydrogen) atoms. The van der Waals surface area contributed by atoms with Crippen LogP contribution in [0.4, 0.5) is 0 Å². The Kier molecular flexibility index (Phi) is 5.59. The van der Waals surface area contributed by atoms with Gasteiger partial charge in [0.15, 0.2) is 0 Å². The summed E-state index contributed by atoms with van der Waals surface area (Å²) < 4.78 is 7.44. The minimum Gasteiger partial charge on any atom is -0.496 e. The molecule has 3 unspecified atom stereocenters. The Labute approximate surface area is 170 Å². The van der Waals surface area contributed by atoms with Crippen molar-refractivity contribution in [2.75, 3.05) is 7.11 Å². The molecule has 1 aromatic heterocycles. The number of rotatable bonds is 6. The molecule has 0 radical (unpaired) electrons. The lowest BCUT2D eigenvalue weighted by atomic mass is 10.0. The topological polar surface area (TPSA) is 80.2 Å². The molecule has 2 heterocycles. The molecule has 150 valence electrons. The number of aryl methyl sites for hydroxylation is 1. The van der Waals surface area contributed by atoms with Gasteiger partial charge in [0.05, 0.1) is 7.11 Å². The van der Waals surface area contributed by atoms with Gasteiger partial charge in [-0.3, -0.25) is 4.79 Å². The maximum atomic E-state index is 13.1. The van der Waals surface area contributed by atoms with Crippen molar-refractivity contribution >= 4 is 5.91 Å². The molecule has 1 fully saturated rings. The van der Waals surface area contributed by atoms with Crippen molar-refractivity contribution < 1.29 is 9.53 Å². The molecule has 1 amide bonds. The second-order valence-electron chi connectivity index (χ2n) is 7.12. The summed E-state index contributed by atoms with van der Waals surface area (Å²) in [6, 6.07) is 17.1. The van der Waals surface area contributed by atoms with Crippen LogP contribution in [0.1, 0.15) is 35.5 Å². The SMILES string of the molecule is COc1ccccc1C(NC(=O)C1CC(c2ccccc2)NN1)c1nccn1C. The molecule has 0 saturated carbocycles. The van der Waals surface area contributed by atoms with Crippen molar-refractivity contribution in [3.05, 3.63) is 83.9 Å². The Balaban J connectivity index is 1.55. The number of aromatic nitrogens is 2. The van der Waals surface area contributed by atoms with Crippen molar-refractivity contribution in [3.8, 4) is 5.75 Å². The molecule has 1 saturated heterocycles. The molecule has 0 spiro atoms. The number of amides is 1. The third-order valence-electron chi connectivity index (χ3n) is 5.27. The van der Waals surface area contributed by atoms with E-state index in [1.165, 1.54) is 0 Å². The minimum absolute atomic E-state index is 0.0878. The zero-order chi connectivity index (χ0) is 20.2. The number of para-hydroxylation sites is 1. The summed E-state index contributed by atoms with van der Waals surface area (Å²) in [5, 5.41) is 3.16. The first-order valence-corrected chi connectivity index (χ1v) is 9.64. The van der Waals surface area contributed by atoms with E-state index in [-0.39, 0.29) is 18.0 Å². The highest BCUT2D eigenvalue weighted by atomic mass is 16.5. The van der Waals surface area contributed by atoms with Crippen LogP contribution in [0, 0.1) is 0 Å². The minimum atomic E-state index is -0.420. The maximum Gasteiger partial charge on any atom is 0.239 e. The number of nitrogens with zero attached hydrogens (tertiary/aromatic N) is 2. The second kappa shape index (κ2) is 8.46. The summed E-state index contributed by atoms with van der Waals surface area (Å²) in [5.41, 5.74) is 8.38. The van der Waals surface area contributed by atoms with Crippen molar-refractivity contribution in [2.24, 2.45) is 7.05 Å². The lowest BCUT2D eigenvalue weighted by Crippen LogP contribution is -2.45. The van der Waals surface area contributed by atoms with Gasteiger partial charge in [0, 0.05) is 31.0 Å². The molecule has 4 rings (SSSR count). The highest BCUT2D eigenvalue weighted by Crippen LogP contribution is 2.30. The first-order chi connectivity index (χ1) is 14.2. The Morgan fingerprint density at radius 1 is 1.17 bits per heavy atom.